The number of hydrogen-bond acceptors (Lipinski definition) is 3. The van der Waals surface area contributed by atoms with Crippen molar-refractivity contribution in [2.45, 2.75) is 6.92 Å². The summed E-state index contributed by atoms with van der Waals surface area (Å²) in [6, 6.07) is 8.85. The maximum atomic E-state index is 11.3. The zero-order chi connectivity index (χ0) is 12.0. The molecule has 0 aliphatic carbocycles. The van der Waals surface area contributed by atoms with Gasteiger partial charge in [0.05, 0.1) is 12.3 Å². The second-order valence-electron chi connectivity index (χ2n) is 3.14. The van der Waals surface area contributed by atoms with Crippen molar-refractivity contribution >= 4 is 21.6 Å². The monoisotopic (exact) mass is 242 g/mol. The van der Waals surface area contributed by atoms with Gasteiger partial charge in [-0.1, -0.05) is 18.2 Å². The fourth-order valence-electron chi connectivity index (χ4n) is 1.00. The van der Waals surface area contributed by atoms with Crippen molar-refractivity contribution in [2.24, 2.45) is 0 Å². The van der Waals surface area contributed by atoms with Crippen molar-refractivity contribution < 1.29 is 13.2 Å². The van der Waals surface area contributed by atoms with E-state index < -0.39 is 10.0 Å². The van der Waals surface area contributed by atoms with Crippen molar-refractivity contribution in [3.05, 3.63) is 30.3 Å². The lowest BCUT2D eigenvalue weighted by molar-refractivity contribution is -0.115. The fourth-order valence-corrected chi connectivity index (χ4v) is 1.56. The van der Waals surface area contributed by atoms with E-state index in [4.69, 9.17) is 0 Å². The first-order valence-corrected chi connectivity index (χ1v) is 6.51. The molecule has 0 heterocycles. The highest BCUT2D eigenvalue weighted by Crippen LogP contribution is 2.03. The smallest absolute Gasteiger partial charge is 0.239 e. The molecule has 0 unspecified atom stereocenters. The Morgan fingerprint density at radius 3 is 2.44 bits per heavy atom. The Balaban J connectivity index is 2.44. The second-order valence-corrected chi connectivity index (χ2v) is 5.23. The van der Waals surface area contributed by atoms with Crippen LogP contribution in [0, 0.1) is 0 Å². The van der Waals surface area contributed by atoms with Crippen molar-refractivity contribution in [3.8, 4) is 0 Å². The number of anilines is 1. The Bertz CT molecular complexity index is 442. The van der Waals surface area contributed by atoms with Crippen LogP contribution in [0.2, 0.25) is 0 Å². The number of rotatable bonds is 5. The molecule has 16 heavy (non-hydrogen) atoms. The summed E-state index contributed by atoms with van der Waals surface area (Å²) in [4.78, 5) is 11.3. The van der Waals surface area contributed by atoms with Gasteiger partial charge in [0.25, 0.3) is 0 Å². The van der Waals surface area contributed by atoms with Gasteiger partial charge < -0.3 is 5.32 Å². The first-order valence-electron chi connectivity index (χ1n) is 4.86. The normalized spacial score (nSPS) is 11.1. The maximum absolute atomic E-state index is 11.3. The average Bonchev–Trinajstić information content (AvgIpc) is 2.28. The molecule has 0 aliphatic heterocycles. The van der Waals surface area contributed by atoms with Crippen LogP contribution >= 0.6 is 0 Å². The Morgan fingerprint density at radius 2 is 1.88 bits per heavy atom. The third-order valence-electron chi connectivity index (χ3n) is 1.89. The molecule has 5 nitrogen and oxygen atoms in total. The number of hydrogen-bond donors (Lipinski definition) is 2. The molecular weight excluding hydrogens is 228 g/mol. The molecule has 0 saturated heterocycles. The first kappa shape index (κ1) is 12.7. The number of sulfonamides is 1. The highest BCUT2D eigenvalue weighted by Gasteiger charge is 2.09. The second kappa shape index (κ2) is 5.62. The third-order valence-corrected chi connectivity index (χ3v) is 3.23. The Labute approximate surface area is 94.9 Å². The molecule has 0 aromatic heterocycles. The van der Waals surface area contributed by atoms with Gasteiger partial charge in [-0.2, -0.15) is 0 Å². The minimum Gasteiger partial charge on any atom is -0.325 e. The molecule has 0 fully saturated rings. The van der Waals surface area contributed by atoms with E-state index in [1.54, 1.807) is 24.3 Å². The van der Waals surface area contributed by atoms with E-state index in [-0.39, 0.29) is 18.2 Å². The molecule has 0 radical (unpaired) electrons. The molecule has 0 saturated carbocycles. The molecule has 1 aromatic rings. The highest BCUT2D eigenvalue weighted by atomic mass is 32.2. The minimum atomic E-state index is -3.32. The first-order chi connectivity index (χ1) is 7.53. The van der Waals surface area contributed by atoms with Gasteiger partial charge in [-0.05, 0) is 19.1 Å². The summed E-state index contributed by atoms with van der Waals surface area (Å²) in [5.41, 5.74) is 0.642. The quantitative estimate of drug-likeness (QED) is 0.792. The summed E-state index contributed by atoms with van der Waals surface area (Å²) in [6.45, 7) is 1.27. The van der Waals surface area contributed by atoms with Crippen LogP contribution in [0.5, 0.6) is 0 Å². The lowest BCUT2D eigenvalue weighted by Crippen LogP contribution is -2.33. The highest BCUT2D eigenvalue weighted by molar-refractivity contribution is 7.89. The molecule has 2 N–H and O–H groups in total. The largest absolute Gasteiger partial charge is 0.325 e. The lowest BCUT2D eigenvalue weighted by Gasteiger charge is -2.06. The molecule has 0 spiro atoms. The SMILES string of the molecule is CCS(=O)(=O)NCC(=O)Nc1ccccc1. The number of carbonyl (C=O) groups excluding carboxylic acids is 1. The van der Waals surface area contributed by atoms with Gasteiger partial charge >= 0.3 is 0 Å². The van der Waals surface area contributed by atoms with E-state index in [0.717, 1.165) is 0 Å². The van der Waals surface area contributed by atoms with Gasteiger partial charge in [0, 0.05) is 5.69 Å². The Kier molecular flexibility index (Phi) is 4.45. The molecule has 6 heteroatoms. The maximum Gasteiger partial charge on any atom is 0.239 e. The summed E-state index contributed by atoms with van der Waals surface area (Å²) >= 11 is 0. The number of amides is 1. The summed E-state index contributed by atoms with van der Waals surface area (Å²) in [7, 11) is -3.32. The zero-order valence-corrected chi connectivity index (χ0v) is 9.75. The number of carbonyl (C=O) groups is 1. The van der Waals surface area contributed by atoms with Crippen LogP contribution in [0.3, 0.4) is 0 Å². The number of benzene rings is 1. The van der Waals surface area contributed by atoms with E-state index in [1.807, 2.05) is 6.07 Å². The standard InChI is InChI=1S/C10H14N2O3S/c1-2-16(14,15)11-8-10(13)12-9-6-4-3-5-7-9/h3-7,11H,2,8H2,1H3,(H,12,13). The van der Waals surface area contributed by atoms with Gasteiger partial charge in [-0.25, -0.2) is 13.1 Å². The zero-order valence-electron chi connectivity index (χ0n) is 8.93. The van der Waals surface area contributed by atoms with E-state index in [9.17, 15) is 13.2 Å². The van der Waals surface area contributed by atoms with Crippen molar-refractivity contribution in [3.63, 3.8) is 0 Å². The molecule has 1 aromatic carbocycles. The average molecular weight is 242 g/mol. The molecule has 0 bridgehead atoms. The molecule has 88 valence electrons. The Morgan fingerprint density at radius 1 is 1.25 bits per heavy atom. The molecule has 1 amide bonds. The van der Waals surface area contributed by atoms with Gasteiger partial charge in [-0.15, -0.1) is 0 Å². The van der Waals surface area contributed by atoms with Gasteiger partial charge in [0.2, 0.25) is 15.9 Å². The van der Waals surface area contributed by atoms with Gasteiger partial charge in [0.15, 0.2) is 0 Å². The fraction of sp³-hybridized carbons (Fsp3) is 0.300. The predicted molar refractivity (Wildman–Crippen MR) is 62.5 cm³/mol. The molecule has 1 rings (SSSR count). The van der Waals surface area contributed by atoms with E-state index >= 15 is 0 Å². The molecule has 0 aliphatic rings. The van der Waals surface area contributed by atoms with Crippen molar-refractivity contribution in [2.75, 3.05) is 17.6 Å². The minimum absolute atomic E-state index is 0.0361. The van der Waals surface area contributed by atoms with Crippen LogP contribution in [0.25, 0.3) is 0 Å². The summed E-state index contributed by atoms with van der Waals surface area (Å²) < 4.78 is 24.3. The molecular formula is C10H14N2O3S. The van der Waals surface area contributed by atoms with Crippen molar-refractivity contribution in [1.82, 2.24) is 4.72 Å². The van der Waals surface area contributed by atoms with Crippen LogP contribution in [0.4, 0.5) is 5.69 Å². The third kappa shape index (κ3) is 4.41. The lowest BCUT2D eigenvalue weighted by atomic mass is 10.3. The Hall–Kier alpha value is -1.40. The number of para-hydroxylation sites is 1. The van der Waals surface area contributed by atoms with Crippen LogP contribution in [-0.2, 0) is 14.8 Å². The van der Waals surface area contributed by atoms with Gasteiger partial charge in [0.1, 0.15) is 0 Å². The topological polar surface area (TPSA) is 75.3 Å². The van der Waals surface area contributed by atoms with Crippen molar-refractivity contribution in [1.29, 1.82) is 0 Å². The summed E-state index contributed by atoms with van der Waals surface area (Å²) in [5.74, 6) is -0.422. The number of nitrogens with one attached hydrogen (secondary N) is 2. The van der Waals surface area contributed by atoms with Gasteiger partial charge in [-0.3, -0.25) is 4.79 Å². The van der Waals surface area contributed by atoms with E-state index in [2.05, 4.69) is 10.0 Å². The van der Waals surface area contributed by atoms with Crippen LogP contribution < -0.4 is 10.0 Å². The van der Waals surface area contributed by atoms with Crippen LogP contribution in [0.15, 0.2) is 30.3 Å². The van der Waals surface area contributed by atoms with E-state index in [0.29, 0.717) is 5.69 Å². The molecule has 0 atom stereocenters. The predicted octanol–water partition coefficient (Wildman–Crippen LogP) is 0.564. The van der Waals surface area contributed by atoms with Crippen LogP contribution in [-0.4, -0.2) is 26.6 Å². The van der Waals surface area contributed by atoms with Crippen LogP contribution in [0.1, 0.15) is 6.92 Å². The summed E-state index contributed by atoms with van der Waals surface area (Å²) in [6.07, 6.45) is 0. The summed E-state index contributed by atoms with van der Waals surface area (Å²) in [5, 5.41) is 2.57. The van der Waals surface area contributed by atoms with E-state index in [1.165, 1.54) is 6.92 Å².